The minimum atomic E-state index is -0.228. The van der Waals surface area contributed by atoms with Gasteiger partial charge in [0.1, 0.15) is 0 Å². The molecule has 2 aromatic heterocycles. The predicted octanol–water partition coefficient (Wildman–Crippen LogP) is 2.02. The van der Waals surface area contributed by atoms with Crippen molar-refractivity contribution in [1.29, 1.82) is 0 Å². The Morgan fingerprint density at radius 3 is 2.88 bits per heavy atom. The van der Waals surface area contributed by atoms with Gasteiger partial charge in [-0.2, -0.15) is 10.1 Å². The van der Waals surface area contributed by atoms with Crippen molar-refractivity contribution in [2.75, 3.05) is 6.54 Å². The summed E-state index contributed by atoms with van der Waals surface area (Å²) < 4.78 is 7.00. The van der Waals surface area contributed by atoms with Crippen molar-refractivity contribution in [3.05, 3.63) is 58.1 Å². The Hall–Kier alpha value is -2.80. The van der Waals surface area contributed by atoms with E-state index in [9.17, 15) is 4.79 Å². The van der Waals surface area contributed by atoms with E-state index in [4.69, 9.17) is 4.52 Å². The van der Waals surface area contributed by atoms with E-state index in [1.807, 2.05) is 37.3 Å². The molecule has 122 valence electrons. The molecule has 3 heterocycles. The highest BCUT2D eigenvalue weighted by atomic mass is 16.5. The van der Waals surface area contributed by atoms with Crippen LogP contribution in [-0.2, 0) is 0 Å². The van der Waals surface area contributed by atoms with Crippen molar-refractivity contribution < 1.29 is 4.52 Å². The van der Waals surface area contributed by atoms with Gasteiger partial charge in [-0.15, -0.1) is 0 Å². The number of benzene rings is 1. The second-order valence-electron chi connectivity index (χ2n) is 5.85. The minimum Gasteiger partial charge on any atom is -0.332 e. The molecule has 1 atom stereocenters. The zero-order chi connectivity index (χ0) is 16.5. The van der Waals surface area contributed by atoms with Gasteiger partial charge in [-0.3, -0.25) is 4.79 Å². The van der Waals surface area contributed by atoms with Gasteiger partial charge in [0.25, 0.3) is 5.89 Å². The summed E-state index contributed by atoms with van der Waals surface area (Å²) in [6, 6.07) is 11.2. The molecule has 0 amide bonds. The molecule has 0 aliphatic carbocycles. The topological polar surface area (TPSA) is 85.8 Å². The highest BCUT2D eigenvalue weighted by Gasteiger charge is 2.23. The van der Waals surface area contributed by atoms with Crippen LogP contribution in [0.25, 0.3) is 17.3 Å². The summed E-state index contributed by atoms with van der Waals surface area (Å²) in [5.74, 6) is 0.740. The fourth-order valence-corrected chi connectivity index (χ4v) is 2.90. The predicted molar refractivity (Wildman–Crippen MR) is 87.8 cm³/mol. The lowest BCUT2D eigenvalue weighted by atomic mass is 10.2. The Balaban J connectivity index is 1.77. The summed E-state index contributed by atoms with van der Waals surface area (Å²) in [5, 5.41) is 11.8. The number of aromatic nitrogens is 4. The molecule has 3 aromatic rings. The molecule has 1 N–H and O–H groups in total. The monoisotopic (exact) mass is 323 g/mol. The molecule has 1 aromatic carbocycles. The lowest BCUT2D eigenvalue weighted by Gasteiger charge is -2.09. The van der Waals surface area contributed by atoms with Crippen LogP contribution in [0.2, 0.25) is 0 Å². The average molecular weight is 323 g/mol. The average Bonchev–Trinajstić information content (AvgIpc) is 3.27. The Morgan fingerprint density at radius 1 is 1.29 bits per heavy atom. The van der Waals surface area contributed by atoms with Gasteiger partial charge < -0.3 is 9.84 Å². The van der Waals surface area contributed by atoms with E-state index < -0.39 is 0 Å². The van der Waals surface area contributed by atoms with Gasteiger partial charge in [0, 0.05) is 11.8 Å². The van der Waals surface area contributed by atoms with Crippen molar-refractivity contribution >= 4 is 0 Å². The number of nitrogens with zero attached hydrogens (tertiary/aromatic N) is 4. The van der Waals surface area contributed by atoms with Crippen LogP contribution in [0.4, 0.5) is 0 Å². The van der Waals surface area contributed by atoms with Crippen molar-refractivity contribution in [3.63, 3.8) is 0 Å². The third kappa shape index (κ3) is 2.63. The Kier molecular flexibility index (Phi) is 3.70. The van der Waals surface area contributed by atoms with E-state index in [0.717, 1.165) is 30.8 Å². The van der Waals surface area contributed by atoms with E-state index in [2.05, 4.69) is 20.6 Å². The molecular formula is C17H17N5O2. The smallest absolute Gasteiger partial charge is 0.282 e. The maximum atomic E-state index is 12.3. The van der Waals surface area contributed by atoms with Crippen molar-refractivity contribution in [3.8, 4) is 17.3 Å². The van der Waals surface area contributed by atoms with Crippen LogP contribution in [0.1, 0.15) is 30.4 Å². The van der Waals surface area contributed by atoms with Gasteiger partial charge in [0.15, 0.2) is 11.5 Å². The van der Waals surface area contributed by atoms with Gasteiger partial charge in [0.05, 0.1) is 11.7 Å². The summed E-state index contributed by atoms with van der Waals surface area (Å²) in [6.07, 6.45) is 2.05. The molecule has 1 aliphatic rings. The van der Waals surface area contributed by atoms with E-state index in [-0.39, 0.29) is 23.1 Å². The molecule has 1 unspecified atom stereocenters. The molecule has 0 radical (unpaired) electrons. The first-order valence-electron chi connectivity index (χ1n) is 7.96. The van der Waals surface area contributed by atoms with Crippen LogP contribution in [0, 0.1) is 6.92 Å². The quantitative estimate of drug-likeness (QED) is 0.793. The number of hydrogen-bond acceptors (Lipinski definition) is 6. The first-order chi connectivity index (χ1) is 11.7. The number of rotatable bonds is 3. The van der Waals surface area contributed by atoms with Gasteiger partial charge in [-0.1, -0.05) is 23.4 Å². The van der Waals surface area contributed by atoms with Gasteiger partial charge in [-0.05, 0) is 38.4 Å². The molecule has 7 heteroatoms. The number of para-hydroxylation sites is 1. The number of aryl methyl sites for hydroxylation is 1. The molecule has 0 bridgehead atoms. The Labute approximate surface area is 138 Å². The number of hydrogen-bond donors (Lipinski definition) is 1. The maximum Gasteiger partial charge on any atom is 0.282 e. The third-order valence-electron chi connectivity index (χ3n) is 4.12. The van der Waals surface area contributed by atoms with E-state index >= 15 is 0 Å². The first kappa shape index (κ1) is 14.8. The van der Waals surface area contributed by atoms with Crippen LogP contribution in [-0.4, -0.2) is 26.5 Å². The molecular weight excluding hydrogens is 306 g/mol. The fraction of sp³-hybridized carbons (Fsp3) is 0.294. The van der Waals surface area contributed by atoms with Gasteiger partial charge in [0.2, 0.25) is 5.43 Å². The van der Waals surface area contributed by atoms with Crippen molar-refractivity contribution in [2.24, 2.45) is 0 Å². The fourth-order valence-electron chi connectivity index (χ4n) is 2.90. The summed E-state index contributed by atoms with van der Waals surface area (Å²) in [6.45, 7) is 2.78. The van der Waals surface area contributed by atoms with Crippen molar-refractivity contribution in [1.82, 2.24) is 25.2 Å². The molecule has 24 heavy (non-hydrogen) atoms. The SMILES string of the molecule is Cc1cc(=O)c(-c2nc(C3CCCN3)no2)nn1-c1ccccc1. The summed E-state index contributed by atoms with van der Waals surface area (Å²) in [4.78, 5) is 16.7. The second-order valence-corrected chi connectivity index (χ2v) is 5.85. The largest absolute Gasteiger partial charge is 0.332 e. The normalized spacial score (nSPS) is 17.3. The second kappa shape index (κ2) is 6.01. The standard InChI is InChI=1S/C17H17N5O2/c1-11-10-14(23)15(20-22(11)12-6-3-2-4-7-12)17-19-16(21-24-17)13-8-5-9-18-13/h2-4,6-7,10,13,18H,5,8-9H2,1H3. The summed E-state index contributed by atoms with van der Waals surface area (Å²) >= 11 is 0. The first-order valence-corrected chi connectivity index (χ1v) is 7.96. The van der Waals surface area contributed by atoms with Gasteiger partial charge >= 0.3 is 0 Å². The third-order valence-corrected chi connectivity index (χ3v) is 4.12. The Morgan fingerprint density at radius 2 is 2.12 bits per heavy atom. The zero-order valence-electron chi connectivity index (χ0n) is 13.3. The van der Waals surface area contributed by atoms with E-state index in [1.165, 1.54) is 6.07 Å². The highest BCUT2D eigenvalue weighted by Crippen LogP contribution is 2.22. The van der Waals surface area contributed by atoms with Crippen LogP contribution in [0.15, 0.2) is 45.7 Å². The molecule has 1 aliphatic heterocycles. The maximum absolute atomic E-state index is 12.3. The Bertz CT molecular complexity index is 910. The minimum absolute atomic E-state index is 0.0873. The number of nitrogens with one attached hydrogen (secondary N) is 1. The van der Waals surface area contributed by atoms with E-state index in [0.29, 0.717) is 5.82 Å². The zero-order valence-corrected chi connectivity index (χ0v) is 13.3. The summed E-state index contributed by atoms with van der Waals surface area (Å²) in [5.41, 5.74) is 1.55. The van der Waals surface area contributed by atoms with Crippen LogP contribution in [0.5, 0.6) is 0 Å². The van der Waals surface area contributed by atoms with Crippen LogP contribution < -0.4 is 10.7 Å². The lowest BCUT2D eigenvalue weighted by molar-refractivity contribution is 0.410. The molecule has 1 fully saturated rings. The van der Waals surface area contributed by atoms with Crippen LogP contribution in [0.3, 0.4) is 0 Å². The van der Waals surface area contributed by atoms with Crippen LogP contribution >= 0.6 is 0 Å². The molecule has 7 nitrogen and oxygen atoms in total. The van der Waals surface area contributed by atoms with Crippen molar-refractivity contribution in [2.45, 2.75) is 25.8 Å². The molecule has 0 saturated carbocycles. The molecule has 0 spiro atoms. The van der Waals surface area contributed by atoms with Gasteiger partial charge in [-0.25, -0.2) is 4.68 Å². The molecule has 4 rings (SSSR count). The highest BCUT2D eigenvalue weighted by molar-refractivity contribution is 5.47. The molecule has 1 saturated heterocycles. The lowest BCUT2D eigenvalue weighted by Crippen LogP contribution is -2.16. The summed E-state index contributed by atoms with van der Waals surface area (Å²) in [7, 11) is 0. The van der Waals surface area contributed by atoms with E-state index in [1.54, 1.807) is 4.68 Å².